The molecule has 0 saturated carbocycles. The number of rotatable bonds is 8. The molecular weight excluding hydrogens is 268 g/mol. The first-order chi connectivity index (χ1) is 9.15. The average molecular weight is 284 g/mol. The number of aliphatic hydroxyl groups excluding tert-OH is 1. The van der Waals surface area contributed by atoms with Crippen LogP contribution in [0.15, 0.2) is 24.3 Å². The van der Waals surface area contributed by atoms with Crippen molar-refractivity contribution in [3.63, 3.8) is 0 Å². The molecule has 1 rings (SSSR count). The Hall–Kier alpha value is -1.60. The largest absolute Gasteiger partial charge is 0.396 e. The van der Waals surface area contributed by atoms with Gasteiger partial charge in [-0.1, -0.05) is 0 Å². The van der Waals surface area contributed by atoms with Crippen LogP contribution in [0.5, 0.6) is 0 Å². The highest BCUT2D eigenvalue weighted by molar-refractivity contribution is 7.99. The fourth-order valence-corrected chi connectivity index (χ4v) is 2.13. The number of nitrogens with one attached hydrogen (secondary N) is 1. The van der Waals surface area contributed by atoms with Crippen LogP contribution in [0.3, 0.4) is 0 Å². The van der Waals surface area contributed by atoms with E-state index in [1.165, 1.54) is 24.3 Å². The van der Waals surface area contributed by atoms with Gasteiger partial charge in [-0.15, -0.1) is 0 Å². The van der Waals surface area contributed by atoms with Crippen molar-refractivity contribution in [2.75, 3.05) is 24.7 Å². The Morgan fingerprint density at radius 2 is 2.00 bits per heavy atom. The zero-order valence-corrected chi connectivity index (χ0v) is 11.2. The van der Waals surface area contributed by atoms with Crippen LogP contribution in [-0.4, -0.2) is 40.6 Å². The van der Waals surface area contributed by atoms with E-state index in [2.05, 4.69) is 5.32 Å². The minimum Gasteiger partial charge on any atom is -0.396 e. The summed E-state index contributed by atoms with van der Waals surface area (Å²) in [5.41, 5.74) is 0.377. The van der Waals surface area contributed by atoms with Crippen LogP contribution < -0.4 is 5.32 Å². The van der Waals surface area contributed by atoms with E-state index in [4.69, 9.17) is 5.11 Å². The van der Waals surface area contributed by atoms with Gasteiger partial charge in [0.2, 0.25) is 0 Å². The lowest BCUT2D eigenvalue weighted by Gasteiger charge is -2.04. The topological polar surface area (TPSA) is 92.5 Å². The number of carbonyl (C=O) groups excluding carboxylic acids is 1. The molecule has 1 aromatic rings. The Balaban J connectivity index is 2.31. The second-order valence-corrected chi connectivity index (χ2v) is 4.97. The molecule has 2 N–H and O–H groups in total. The molecule has 0 aliphatic carbocycles. The maximum Gasteiger partial charge on any atom is 0.269 e. The summed E-state index contributed by atoms with van der Waals surface area (Å²) < 4.78 is 0. The third-order valence-corrected chi connectivity index (χ3v) is 3.39. The van der Waals surface area contributed by atoms with Crippen molar-refractivity contribution in [2.24, 2.45) is 0 Å². The molecule has 0 aliphatic rings. The van der Waals surface area contributed by atoms with E-state index >= 15 is 0 Å². The summed E-state index contributed by atoms with van der Waals surface area (Å²) >= 11 is 1.66. The minimum atomic E-state index is -0.501. The van der Waals surface area contributed by atoms with Crippen molar-refractivity contribution in [2.45, 2.75) is 6.42 Å². The highest BCUT2D eigenvalue weighted by Gasteiger charge is 2.08. The number of amides is 1. The molecule has 0 radical (unpaired) electrons. The highest BCUT2D eigenvalue weighted by atomic mass is 32.2. The van der Waals surface area contributed by atoms with E-state index in [0.717, 1.165) is 17.9 Å². The van der Waals surface area contributed by atoms with Gasteiger partial charge in [0.1, 0.15) is 0 Å². The summed E-state index contributed by atoms with van der Waals surface area (Å²) in [5.74, 6) is 1.40. The highest BCUT2D eigenvalue weighted by Crippen LogP contribution is 2.11. The third kappa shape index (κ3) is 5.71. The predicted molar refractivity (Wildman–Crippen MR) is 74.5 cm³/mol. The number of hydrogen-bond donors (Lipinski definition) is 2. The van der Waals surface area contributed by atoms with Crippen LogP contribution in [0, 0.1) is 10.1 Å². The number of nitrogens with zero attached hydrogens (tertiary/aromatic N) is 1. The molecule has 0 bridgehead atoms. The molecule has 1 aromatic carbocycles. The molecule has 0 saturated heterocycles. The summed E-state index contributed by atoms with van der Waals surface area (Å²) in [4.78, 5) is 21.6. The summed E-state index contributed by atoms with van der Waals surface area (Å²) in [6, 6.07) is 5.49. The first-order valence-electron chi connectivity index (χ1n) is 5.86. The molecule has 0 aliphatic heterocycles. The first-order valence-corrected chi connectivity index (χ1v) is 7.02. The number of nitro groups is 1. The fraction of sp³-hybridized carbons (Fsp3) is 0.417. The second kappa shape index (κ2) is 8.49. The minimum absolute atomic E-state index is 0.0314. The molecule has 0 atom stereocenters. The number of non-ortho nitro benzene ring substituents is 1. The summed E-state index contributed by atoms with van der Waals surface area (Å²) in [5, 5.41) is 21.8. The molecule has 0 fully saturated rings. The van der Waals surface area contributed by atoms with Crippen LogP contribution >= 0.6 is 11.8 Å². The van der Waals surface area contributed by atoms with Gasteiger partial charge in [0.15, 0.2) is 0 Å². The van der Waals surface area contributed by atoms with Gasteiger partial charge in [0.25, 0.3) is 11.6 Å². The van der Waals surface area contributed by atoms with E-state index < -0.39 is 4.92 Å². The molecular formula is C12H16N2O4S. The normalized spacial score (nSPS) is 10.2. The van der Waals surface area contributed by atoms with Gasteiger partial charge in [-0.05, 0) is 24.3 Å². The average Bonchev–Trinajstić information content (AvgIpc) is 2.42. The summed E-state index contributed by atoms with van der Waals surface area (Å²) in [6.07, 6.45) is 0.751. The Morgan fingerprint density at radius 3 is 2.58 bits per heavy atom. The van der Waals surface area contributed by atoms with Crippen molar-refractivity contribution in [1.29, 1.82) is 0 Å². The Labute approximate surface area is 115 Å². The monoisotopic (exact) mass is 284 g/mol. The lowest BCUT2D eigenvalue weighted by Crippen LogP contribution is -2.25. The lowest BCUT2D eigenvalue weighted by atomic mass is 10.2. The molecule has 0 aromatic heterocycles. The molecule has 0 unspecified atom stereocenters. The molecule has 1 amide bonds. The Kier molecular flexibility index (Phi) is 6.91. The molecule has 0 spiro atoms. The van der Waals surface area contributed by atoms with Crippen molar-refractivity contribution in [3.05, 3.63) is 39.9 Å². The fourth-order valence-electron chi connectivity index (χ4n) is 1.34. The van der Waals surface area contributed by atoms with Crippen LogP contribution in [0.1, 0.15) is 16.8 Å². The summed E-state index contributed by atoms with van der Waals surface area (Å²) in [7, 11) is 0. The molecule has 7 heteroatoms. The molecule has 19 heavy (non-hydrogen) atoms. The second-order valence-electron chi connectivity index (χ2n) is 3.75. The van der Waals surface area contributed by atoms with Crippen LogP contribution in [0.4, 0.5) is 5.69 Å². The standard InChI is InChI=1S/C12H16N2O4S/c15-7-1-8-19-9-6-13-12(16)10-2-4-11(5-3-10)14(17)18/h2-5,15H,1,6-9H2,(H,13,16). The van der Waals surface area contributed by atoms with E-state index in [1.54, 1.807) is 11.8 Å². The summed E-state index contributed by atoms with van der Waals surface area (Å²) in [6.45, 7) is 0.716. The van der Waals surface area contributed by atoms with E-state index in [1.807, 2.05) is 0 Å². The number of benzene rings is 1. The predicted octanol–water partition coefficient (Wildman–Crippen LogP) is 1.44. The van der Waals surface area contributed by atoms with Crippen LogP contribution in [0.25, 0.3) is 0 Å². The SMILES string of the molecule is O=C(NCCSCCCO)c1ccc([N+](=O)[O-])cc1. The van der Waals surface area contributed by atoms with Gasteiger partial charge in [0.05, 0.1) is 4.92 Å². The van der Waals surface area contributed by atoms with Gasteiger partial charge in [-0.3, -0.25) is 14.9 Å². The van der Waals surface area contributed by atoms with Gasteiger partial charge in [0, 0.05) is 36.6 Å². The van der Waals surface area contributed by atoms with Crippen molar-refractivity contribution >= 4 is 23.4 Å². The van der Waals surface area contributed by atoms with Crippen LogP contribution in [-0.2, 0) is 0 Å². The zero-order chi connectivity index (χ0) is 14.1. The third-order valence-electron chi connectivity index (χ3n) is 2.32. The lowest BCUT2D eigenvalue weighted by molar-refractivity contribution is -0.384. The van der Waals surface area contributed by atoms with Crippen molar-refractivity contribution in [3.8, 4) is 0 Å². The number of thioether (sulfide) groups is 1. The molecule has 6 nitrogen and oxygen atoms in total. The Morgan fingerprint density at radius 1 is 1.32 bits per heavy atom. The maximum absolute atomic E-state index is 11.7. The number of carbonyl (C=O) groups is 1. The smallest absolute Gasteiger partial charge is 0.269 e. The van der Waals surface area contributed by atoms with E-state index in [-0.39, 0.29) is 18.2 Å². The van der Waals surface area contributed by atoms with Gasteiger partial charge in [-0.2, -0.15) is 11.8 Å². The number of hydrogen-bond acceptors (Lipinski definition) is 5. The van der Waals surface area contributed by atoms with Crippen molar-refractivity contribution < 1.29 is 14.8 Å². The number of nitro benzene ring substituents is 1. The van der Waals surface area contributed by atoms with Gasteiger partial charge < -0.3 is 10.4 Å². The van der Waals surface area contributed by atoms with Gasteiger partial charge >= 0.3 is 0 Å². The van der Waals surface area contributed by atoms with Crippen LogP contribution in [0.2, 0.25) is 0 Å². The number of aliphatic hydroxyl groups is 1. The first kappa shape index (κ1) is 15.5. The van der Waals surface area contributed by atoms with Gasteiger partial charge in [-0.25, -0.2) is 0 Å². The molecule has 104 valence electrons. The zero-order valence-electron chi connectivity index (χ0n) is 10.4. The Bertz CT molecular complexity index is 422. The van der Waals surface area contributed by atoms with E-state index in [9.17, 15) is 14.9 Å². The van der Waals surface area contributed by atoms with Crippen molar-refractivity contribution in [1.82, 2.24) is 5.32 Å². The molecule has 0 heterocycles. The quantitative estimate of drug-likeness (QED) is 0.428. The maximum atomic E-state index is 11.7. The van der Waals surface area contributed by atoms with E-state index in [0.29, 0.717) is 12.1 Å².